The predicted molar refractivity (Wildman–Crippen MR) is 101 cm³/mol. The van der Waals surface area contributed by atoms with E-state index in [0.717, 1.165) is 24.4 Å². The van der Waals surface area contributed by atoms with Crippen molar-refractivity contribution < 1.29 is 18.7 Å². The zero-order valence-corrected chi connectivity index (χ0v) is 15.5. The number of hydrogen-bond donors (Lipinski definition) is 1. The van der Waals surface area contributed by atoms with E-state index in [1.807, 2.05) is 6.92 Å². The molecule has 1 N–H and O–H groups in total. The molecular weight excluding hydrogens is 347 g/mol. The molecule has 1 amide bonds. The molecule has 0 aliphatic carbocycles. The lowest BCUT2D eigenvalue weighted by Gasteiger charge is -2.35. The van der Waals surface area contributed by atoms with Gasteiger partial charge in [-0.05, 0) is 48.9 Å². The van der Waals surface area contributed by atoms with E-state index in [2.05, 4.69) is 10.2 Å². The van der Waals surface area contributed by atoms with Crippen LogP contribution in [0.25, 0.3) is 0 Å². The first-order chi connectivity index (χ1) is 13.2. The van der Waals surface area contributed by atoms with Crippen molar-refractivity contribution in [2.75, 3.05) is 39.5 Å². The van der Waals surface area contributed by atoms with Gasteiger partial charge in [-0.15, -0.1) is 0 Å². The van der Waals surface area contributed by atoms with Crippen molar-refractivity contribution in [3.05, 3.63) is 65.5 Å². The topological polar surface area (TPSA) is 50.8 Å². The Hall–Kier alpha value is -2.44. The fourth-order valence-corrected chi connectivity index (χ4v) is 3.19. The third-order valence-electron chi connectivity index (χ3n) is 4.62. The molecule has 0 saturated carbocycles. The summed E-state index contributed by atoms with van der Waals surface area (Å²) < 4.78 is 24.1. The molecule has 3 rings (SSSR count). The summed E-state index contributed by atoms with van der Waals surface area (Å²) in [4.78, 5) is 14.8. The maximum absolute atomic E-state index is 13.3. The van der Waals surface area contributed by atoms with Crippen LogP contribution < -0.4 is 10.1 Å². The summed E-state index contributed by atoms with van der Waals surface area (Å²) in [5.41, 5.74) is 1.56. The van der Waals surface area contributed by atoms with Crippen LogP contribution in [-0.2, 0) is 4.74 Å². The summed E-state index contributed by atoms with van der Waals surface area (Å²) in [7, 11) is 0. The van der Waals surface area contributed by atoms with Crippen LogP contribution in [0.2, 0.25) is 0 Å². The number of hydrogen-bond acceptors (Lipinski definition) is 4. The third-order valence-corrected chi connectivity index (χ3v) is 4.62. The fraction of sp³-hybridized carbons (Fsp3) is 0.381. The Bertz CT molecular complexity index is 728. The van der Waals surface area contributed by atoms with E-state index in [-0.39, 0.29) is 17.8 Å². The Morgan fingerprint density at radius 1 is 1.15 bits per heavy atom. The zero-order valence-electron chi connectivity index (χ0n) is 15.5. The quantitative estimate of drug-likeness (QED) is 0.812. The highest BCUT2D eigenvalue weighted by Crippen LogP contribution is 2.22. The molecule has 5 nitrogen and oxygen atoms in total. The number of carbonyl (C=O) groups excluding carboxylic acids is 1. The van der Waals surface area contributed by atoms with Gasteiger partial charge in [-0.3, -0.25) is 9.69 Å². The van der Waals surface area contributed by atoms with Gasteiger partial charge in [0.25, 0.3) is 5.91 Å². The highest BCUT2D eigenvalue weighted by molar-refractivity contribution is 5.94. The Morgan fingerprint density at radius 3 is 2.44 bits per heavy atom. The van der Waals surface area contributed by atoms with E-state index >= 15 is 0 Å². The van der Waals surface area contributed by atoms with Gasteiger partial charge in [0.05, 0.1) is 25.9 Å². The Morgan fingerprint density at radius 2 is 1.81 bits per heavy atom. The molecule has 6 heteroatoms. The lowest BCUT2D eigenvalue weighted by Crippen LogP contribution is -2.43. The van der Waals surface area contributed by atoms with E-state index < -0.39 is 0 Å². The lowest BCUT2D eigenvalue weighted by molar-refractivity contribution is 0.0162. The molecule has 0 radical (unpaired) electrons. The van der Waals surface area contributed by atoms with Crippen molar-refractivity contribution in [2.24, 2.45) is 0 Å². The molecule has 1 heterocycles. The van der Waals surface area contributed by atoms with Crippen LogP contribution in [0.15, 0.2) is 48.5 Å². The van der Waals surface area contributed by atoms with E-state index in [4.69, 9.17) is 9.47 Å². The van der Waals surface area contributed by atoms with Crippen molar-refractivity contribution in [3.8, 4) is 5.75 Å². The first kappa shape index (κ1) is 19.3. The van der Waals surface area contributed by atoms with Crippen LogP contribution in [0.3, 0.4) is 0 Å². The van der Waals surface area contributed by atoms with E-state index in [1.54, 1.807) is 36.4 Å². The van der Waals surface area contributed by atoms with Gasteiger partial charge >= 0.3 is 0 Å². The molecule has 2 aromatic rings. The Kier molecular flexibility index (Phi) is 6.79. The number of halogens is 1. The van der Waals surface area contributed by atoms with Gasteiger partial charge in [0, 0.05) is 25.2 Å². The van der Waals surface area contributed by atoms with Gasteiger partial charge < -0.3 is 14.8 Å². The van der Waals surface area contributed by atoms with Gasteiger partial charge in [-0.2, -0.15) is 0 Å². The SMILES string of the molecule is CCOc1ccc(C(=O)NC[C@@H](c2ccc(F)cc2)N2CCOCC2)cc1. The molecule has 1 aliphatic rings. The van der Waals surface area contributed by atoms with Crippen LogP contribution in [0, 0.1) is 5.82 Å². The summed E-state index contributed by atoms with van der Waals surface area (Å²) in [6, 6.07) is 13.5. The maximum atomic E-state index is 13.3. The number of nitrogens with one attached hydrogen (secondary N) is 1. The summed E-state index contributed by atoms with van der Waals surface area (Å²) in [6.07, 6.45) is 0. The number of morpholine rings is 1. The number of nitrogens with zero attached hydrogens (tertiary/aromatic N) is 1. The highest BCUT2D eigenvalue weighted by atomic mass is 19.1. The average Bonchev–Trinajstić information content (AvgIpc) is 2.71. The first-order valence-electron chi connectivity index (χ1n) is 9.25. The second-order valence-corrected chi connectivity index (χ2v) is 6.38. The third kappa shape index (κ3) is 5.28. The van der Waals surface area contributed by atoms with Crippen LogP contribution in [0.5, 0.6) is 5.75 Å². The standard InChI is InChI=1S/C21H25FN2O3/c1-2-27-19-9-5-17(6-10-19)21(25)23-15-20(24-11-13-26-14-12-24)16-3-7-18(22)8-4-16/h3-10,20H,2,11-15H2,1H3,(H,23,25)/t20-/m0/s1. The van der Waals surface area contributed by atoms with Crippen LogP contribution in [0.1, 0.15) is 28.9 Å². The van der Waals surface area contributed by atoms with Crippen molar-refractivity contribution in [2.45, 2.75) is 13.0 Å². The minimum absolute atomic E-state index is 0.0267. The highest BCUT2D eigenvalue weighted by Gasteiger charge is 2.23. The van der Waals surface area contributed by atoms with Crippen LogP contribution >= 0.6 is 0 Å². The lowest BCUT2D eigenvalue weighted by atomic mass is 10.0. The monoisotopic (exact) mass is 372 g/mol. The summed E-state index contributed by atoms with van der Waals surface area (Å²) in [5.74, 6) is 0.336. The minimum Gasteiger partial charge on any atom is -0.494 e. The fourth-order valence-electron chi connectivity index (χ4n) is 3.19. The zero-order chi connectivity index (χ0) is 19.1. The van der Waals surface area contributed by atoms with E-state index in [9.17, 15) is 9.18 Å². The molecule has 0 unspecified atom stereocenters. The Labute approximate surface area is 159 Å². The molecule has 144 valence electrons. The molecule has 1 atom stereocenters. The van der Waals surface area contributed by atoms with Crippen molar-refractivity contribution >= 4 is 5.91 Å². The minimum atomic E-state index is -0.266. The molecule has 2 aromatic carbocycles. The average molecular weight is 372 g/mol. The number of benzene rings is 2. The summed E-state index contributed by atoms with van der Waals surface area (Å²) >= 11 is 0. The largest absolute Gasteiger partial charge is 0.494 e. The van der Waals surface area contributed by atoms with E-state index in [0.29, 0.717) is 31.9 Å². The molecule has 0 spiro atoms. The van der Waals surface area contributed by atoms with Gasteiger partial charge in [0.15, 0.2) is 0 Å². The number of amides is 1. The van der Waals surface area contributed by atoms with Gasteiger partial charge in [-0.1, -0.05) is 12.1 Å². The maximum Gasteiger partial charge on any atom is 0.251 e. The van der Waals surface area contributed by atoms with E-state index in [1.165, 1.54) is 12.1 Å². The molecule has 0 bridgehead atoms. The second-order valence-electron chi connectivity index (χ2n) is 6.38. The van der Waals surface area contributed by atoms with Crippen molar-refractivity contribution in [1.82, 2.24) is 10.2 Å². The molecule has 1 aliphatic heterocycles. The summed E-state index contributed by atoms with van der Waals surface area (Å²) in [6.45, 7) is 5.82. The molecule has 1 saturated heterocycles. The number of carbonyl (C=O) groups is 1. The molecule has 1 fully saturated rings. The second kappa shape index (κ2) is 9.48. The normalized spacial score (nSPS) is 15.9. The first-order valence-corrected chi connectivity index (χ1v) is 9.25. The van der Waals surface area contributed by atoms with Crippen LogP contribution in [0.4, 0.5) is 4.39 Å². The van der Waals surface area contributed by atoms with Crippen LogP contribution in [-0.4, -0.2) is 50.3 Å². The number of ether oxygens (including phenoxy) is 2. The van der Waals surface area contributed by atoms with Gasteiger partial charge in [-0.25, -0.2) is 4.39 Å². The smallest absolute Gasteiger partial charge is 0.251 e. The van der Waals surface area contributed by atoms with Crippen molar-refractivity contribution in [1.29, 1.82) is 0 Å². The van der Waals surface area contributed by atoms with Gasteiger partial charge in [0.1, 0.15) is 11.6 Å². The molecule has 27 heavy (non-hydrogen) atoms. The van der Waals surface area contributed by atoms with Crippen molar-refractivity contribution in [3.63, 3.8) is 0 Å². The summed E-state index contributed by atoms with van der Waals surface area (Å²) in [5, 5.41) is 3.00. The molecule has 0 aromatic heterocycles. The molecular formula is C21H25FN2O3. The number of rotatable bonds is 7. The van der Waals surface area contributed by atoms with Gasteiger partial charge in [0.2, 0.25) is 0 Å². The predicted octanol–water partition coefficient (Wildman–Crippen LogP) is 3.03. The Balaban J connectivity index is 1.67.